The molecular formula is C24H34O4. The Bertz CT molecular complexity index is 593. The average Bonchev–Trinajstić information content (AvgIpc) is 2.74. The van der Waals surface area contributed by atoms with Crippen molar-refractivity contribution in [3.8, 4) is 0 Å². The van der Waals surface area contributed by atoms with Crippen LogP contribution in [0.4, 0.5) is 0 Å². The first-order valence-corrected chi connectivity index (χ1v) is 10.1. The summed E-state index contributed by atoms with van der Waals surface area (Å²) in [6, 6.07) is 18.9. The summed E-state index contributed by atoms with van der Waals surface area (Å²) in [6.07, 6.45) is 1.56. The molecule has 0 saturated heterocycles. The molecule has 0 bridgehead atoms. The minimum Gasteiger partial charge on any atom is -0.481 e. The van der Waals surface area contributed by atoms with Gasteiger partial charge in [-0.15, -0.1) is 0 Å². The molecule has 0 saturated carbocycles. The third-order valence-corrected chi connectivity index (χ3v) is 4.21. The monoisotopic (exact) mass is 386 g/mol. The Morgan fingerprint density at radius 1 is 0.643 bits per heavy atom. The van der Waals surface area contributed by atoms with E-state index in [-0.39, 0.29) is 0 Å². The number of hydrogen-bond acceptors (Lipinski definition) is 2. The van der Waals surface area contributed by atoms with Gasteiger partial charge in [0.1, 0.15) is 0 Å². The molecule has 2 atom stereocenters. The number of carboxylic acid groups (broad SMARTS) is 2. The molecule has 2 rings (SSSR count). The summed E-state index contributed by atoms with van der Waals surface area (Å²) in [4.78, 5) is 23.0. The number of carboxylic acids is 2. The highest BCUT2D eigenvalue weighted by molar-refractivity contribution is 5.72. The van der Waals surface area contributed by atoms with Crippen LogP contribution in [0.5, 0.6) is 0 Å². The van der Waals surface area contributed by atoms with E-state index in [1.807, 2.05) is 88.4 Å². The number of hydrogen-bond donors (Lipinski definition) is 2. The highest BCUT2D eigenvalue weighted by Crippen LogP contribution is 2.21. The Balaban J connectivity index is 0.00000171. The SMILES string of the molecule is CC.CC.O=C(O)C(CCC(Cc1ccccc1)C(=O)O)Cc1ccccc1. The van der Waals surface area contributed by atoms with E-state index in [0.717, 1.165) is 11.1 Å². The maximum absolute atomic E-state index is 11.5. The van der Waals surface area contributed by atoms with Gasteiger partial charge in [0.15, 0.2) is 0 Å². The van der Waals surface area contributed by atoms with Crippen LogP contribution < -0.4 is 0 Å². The molecule has 28 heavy (non-hydrogen) atoms. The van der Waals surface area contributed by atoms with Gasteiger partial charge in [-0.2, -0.15) is 0 Å². The fourth-order valence-corrected chi connectivity index (χ4v) is 2.83. The second kappa shape index (κ2) is 15.4. The Labute approximate surface area is 169 Å². The molecule has 0 aliphatic rings. The van der Waals surface area contributed by atoms with Gasteiger partial charge in [-0.25, -0.2) is 0 Å². The van der Waals surface area contributed by atoms with Gasteiger partial charge in [0, 0.05) is 0 Å². The van der Waals surface area contributed by atoms with Gasteiger partial charge < -0.3 is 10.2 Å². The molecule has 0 spiro atoms. The molecule has 154 valence electrons. The lowest BCUT2D eigenvalue weighted by molar-refractivity contribution is -0.145. The molecule has 0 aromatic heterocycles. The molecule has 2 aromatic carbocycles. The van der Waals surface area contributed by atoms with Crippen molar-refractivity contribution < 1.29 is 19.8 Å². The summed E-state index contributed by atoms with van der Waals surface area (Å²) in [5.74, 6) is -2.87. The second-order valence-corrected chi connectivity index (χ2v) is 6.03. The minimum atomic E-state index is -0.872. The van der Waals surface area contributed by atoms with Crippen LogP contribution in [0.3, 0.4) is 0 Å². The predicted octanol–water partition coefficient (Wildman–Crippen LogP) is 5.71. The van der Waals surface area contributed by atoms with E-state index in [9.17, 15) is 19.8 Å². The molecular weight excluding hydrogens is 352 g/mol. The summed E-state index contributed by atoms with van der Waals surface area (Å²) in [7, 11) is 0. The summed E-state index contributed by atoms with van der Waals surface area (Å²) < 4.78 is 0. The minimum absolute atomic E-state index is 0.355. The van der Waals surface area contributed by atoms with Crippen molar-refractivity contribution >= 4 is 11.9 Å². The predicted molar refractivity (Wildman–Crippen MR) is 114 cm³/mol. The van der Waals surface area contributed by atoms with E-state index in [4.69, 9.17) is 0 Å². The third kappa shape index (κ3) is 9.91. The lowest BCUT2D eigenvalue weighted by Crippen LogP contribution is -2.22. The van der Waals surface area contributed by atoms with Gasteiger partial charge in [0.05, 0.1) is 11.8 Å². The molecule has 2 N–H and O–H groups in total. The van der Waals surface area contributed by atoms with Gasteiger partial charge in [-0.1, -0.05) is 88.4 Å². The van der Waals surface area contributed by atoms with Gasteiger partial charge in [0.25, 0.3) is 0 Å². The smallest absolute Gasteiger partial charge is 0.306 e. The number of benzene rings is 2. The lowest BCUT2D eigenvalue weighted by atomic mass is 9.88. The van der Waals surface area contributed by atoms with Crippen LogP contribution in [0, 0.1) is 11.8 Å². The maximum Gasteiger partial charge on any atom is 0.306 e. The van der Waals surface area contributed by atoms with Gasteiger partial charge in [0.2, 0.25) is 0 Å². The zero-order valence-corrected chi connectivity index (χ0v) is 17.5. The second-order valence-electron chi connectivity index (χ2n) is 6.03. The first-order valence-electron chi connectivity index (χ1n) is 10.1. The first kappa shape index (κ1) is 25.4. The fourth-order valence-electron chi connectivity index (χ4n) is 2.83. The third-order valence-electron chi connectivity index (χ3n) is 4.21. The molecule has 0 aliphatic heterocycles. The number of aliphatic carboxylic acids is 2. The van der Waals surface area contributed by atoms with E-state index in [0.29, 0.717) is 25.7 Å². The molecule has 0 fully saturated rings. The summed E-state index contributed by atoms with van der Waals surface area (Å²) >= 11 is 0. The van der Waals surface area contributed by atoms with Crippen LogP contribution in [0.15, 0.2) is 60.7 Å². The van der Waals surface area contributed by atoms with E-state index in [2.05, 4.69) is 0 Å². The van der Waals surface area contributed by atoms with Crippen LogP contribution in [0.1, 0.15) is 51.7 Å². The summed E-state index contributed by atoms with van der Waals surface area (Å²) in [5.41, 5.74) is 1.92. The first-order chi connectivity index (χ1) is 13.6. The van der Waals surface area contributed by atoms with Crippen LogP contribution in [0.2, 0.25) is 0 Å². The number of carbonyl (C=O) groups is 2. The fraction of sp³-hybridized carbons (Fsp3) is 0.417. The van der Waals surface area contributed by atoms with E-state index >= 15 is 0 Å². The molecule has 2 aromatic rings. The van der Waals surface area contributed by atoms with Gasteiger partial charge in [-0.3, -0.25) is 9.59 Å². The standard InChI is InChI=1S/C20H22O4.2C2H6/c21-19(22)17(13-15-7-3-1-4-8-15)11-12-18(20(23)24)14-16-9-5-2-6-10-16;2*1-2/h1-10,17-18H,11-14H2,(H,21,22)(H,23,24);2*1-2H3. The van der Waals surface area contributed by atoms with Crippen LogP contribution in [-0.2, 0) is 22.4 Å². The lowest BCUT2D eigenvalue weighted by Gasteiger charge is -2.16. The number of rotatable bonds is 9. The Morgan fingerprint density at radius 2 is 0.929 bits per heavy atom. The molecule has 4 nitrogen and oxygen atoms in total. The zero-order valence-electron chi connectivity index (χ0n) is 17.5. The van der Waals surface area contributed by atoms with Crippen LogP contribution >= 0.6 is 0 Å². The maximum atomic E-state index is 11.5. The highest BCUT2D eigenvalue weighted by Gasteiger charge is 2.23. The molecule has 0 aliphatic carbocycles. The molecule has 0 radical (unpaired) electrons. The van der Waals surface area contributed by atoms with Crippen LogP contribution in [0.25, 0.3) is 0 Å². The molecule has 0 amide bonds. The highest BCUT2D eigenvalue weighted by atomic mass is 16.4. The van der Waals surface area contributed by atoms with Gasteiger partial charge in [-0.05, 0) is 36.8 Å². The Morgan fingerprint density at radius 3 is 1.18 bits per heavy atom. The van der Waals surface area contributed by atoms with Crippen molar-refractivity contribution in [1.82, 2.24) is 0 Å². The topological polar surface area (TPSA) is 74.6 Å². The van der Waals surface area contributed by atoms with E-state index in [1.165, 1.54) is 0 Å². The molecule has 2 unspecified atom stereocenters. The molecule has 4 heteroatoms. The summed E-state index contributed by atoms with van der Waals surface area (Å²) in [5, 5.41) is 18.9. The molecule has 0 heterocycles. The van der Waals surface area contributed by atoms with Crippen molar-refractivity contribution in [2.45, 2.75) is 53.4 Å². The zero-order chi connectivity index (χ0) is 21.4. The van der Waals surface area contributed by atoms with Crippen molar-refractivity contribution in [2.75, 3.05) is 0 Å². The van der Waals surface area contributed by atoms with Crippen molar-refractivity contribution in [3.05, 3.63) is 71.8 Å². The summed E-state index contributed by atoms with van der Waals surface area (Å²) in [6.45, 7) is 8.00. The van der Waals surface area contributed by atoms with E-state index < -0.39 is 23.8 Å². The van der Waals surface area contributed by atoms with Crippen molar-refractivity contribution in [3.63, 3.8) is 0 Å². The van der Waals surface area contributed by atoms with Crippen LogP contribution in [-0.4, -0.2) is 22.2 Å². The quantitative estimate of drug-likeness (QED) is 0.579. The Kier molecular flexibility index (Phi) is 14.0. The van der Waals surface area contributed by atoms with Crippen molar-refractivity contribution in [1.29, 1.82) is 0 Å². The average molecular weight is 387 g/mol. The van der Waals surface area contributed by atoms with Crippen molar-refractivity contribution in [2.24, 2.45) is 11.8 Å². The van der Waals surface area contributed by atoms with E-state index in [1.54, 1.807) is 0 Å². The largest absolute Gasteiger partial charge is 0.481 e. The Hall–Kier alpha value is -2.62. The van der Waals surface area contributed by atoms with Gasteiger partial charge >= 0.3 is 11.9 Å². The normalized spacial score (nSPS) is 11.7.